The Hall–Kier alpha value is -0.530. The smallest absolute Gasteiger partial charge is 0.0963 e. The van der Waals surface area contributed by atoms with E-state index >= 15 is 0 Å². The zero-order valence-electron chi connectivity index (χ0n) is 9.54. The quantitative estimate of drug-likeness (QED) is 0.789. The predicted octanol–water partition coefficient (Wildman–Crippen LogP) is 3.66. The van der Waals surface area contributed by atoms with Crippen molar-refractivity contribution < 1.29 is 5.11 Å². The van der Waals surface area contributed by atoms with E-state index in [9.17, 15) is 5.11 Å². The van der Waals surface area contributed by atoms with Gasteiger partial charge in [0, 0.05) is 5.02 Å². The van der Waals surface area contributed by atoms with Gasteiger partial charge in [0.15, 0.2) is 0 Å². The van der Waals surface area contributed by atoms with Gasteiger partial charge in [-0.2, -0.15) is 0 Å². The number of benzene rings is 1. The molecule has 0 aliphatic heterocycles. The molecular weight excluding hydrogens is 220 g/mol. The molecule has 0 saturated heterocycles. The molecule has 3 rings (SSSR count). The van der Waals surface area contributed by atoms with Crippen LogP contribution >= 0.6 is 11.6 Å². The van der Waals surface area contributed by atoms with Crippen LogP contribution in [0.2, 0.25) is 5.02 Å². The molecule has 0 bridgehead atoms. The van der Waals surface area contributed by atoms with Crippen molar-refractivity contribution in [1.29, 1.82) is 0 Å². The second-order valence-electron chi connectivity index (χ2n) is 5.24. The molecule has 2 fully saturated rings. The van der Waals surface area contributed by atoms with E-state index < -0.39 is 5.60 Å². The van der Waals surface area contributed by atoms with Crippen molar-refractivity contribution in [3.05, 3.63) is 34.3 Å². The average molecular weight is 237 g/mol. The van der Waals surface area contributed by atoms with Gasteiger partial charge in [0.1, 0.15) is 0 Å². The van der Waals surface area contributed by atoms with Crippen LogP contribution in [0.1, 0.15) is 36.8 Å². The lowest BCUT2D eigenvalue weighted by molar-refractivity contribution is 0.117. The Morgan fingerprint density at radius 1 is 1.25 bits per heavy atom. The van der Waals surface area contributed by atoms with E-state index in [2.05, 4.69) is 0 Å². The van der Waals surface area contributed by atoms with E-state index in [-0.39, 0.29) is 0 Å². The lowest BCUT2D eigenvalue weighted by atomic mass is 9.98. The Kier molecular flexibility index (Phi) is 2.31. The van der Waals surface area contributed by atoms with Gasteiger partial charge < -0.3 is 5.11 Å². The molecule has 2 unspecified atom stereocenters. The first-order valence-electron chi connectivity index (χ1n) is 6.13. The van der Waals surface area contributed by atoms with Gasteiger partial charge in [0.25, 0.3) is 0 Å². The van der Waals surface area contributed by atoms with E-state index in [1.807, 2.05) is 25.1 Å². The summed E-state index contributed by atoms with van der Waals surface area (Å²) in [6.07, 6.45) is 4.88. The Bertz CT molecular complexity index is 415. The third kappa shape index (κ3) is 1.28. The van der Waals surface area contributed by atoms with Gasteiger partial charge in [0.2, 0.25) is 0 Å². The molecule has 0 aromatic heterocycles. The second-order valence-corrected chi connectivity index (χ2v) is 5.64. The molecule has 0 amide bonds. The summed E-state index contributed by atoms with van der Waals surface area (Å²) in [5, 5.41) is 11.6. The van der Waals surface area contributed by atoms with Crippen LogP contribution in [0.4, 0.5) is 0 Å². The zero-order chi connectivity index (χ0) is 11.3. The number of hydrogen-bond donors (Lipinski definition) is 1. The highest BCUT2D eigenvalue weighted by Gasteiger charge is 2.64. The molecule has 0 radical (unpaired) electrons. The van der Waals surface area contributed by atoms with Gasteiger partial charge in [-0.3, -0.25) is 0 Å². The van der Waals surface area contributed by atoms with Crippen LogP contribution in [0.25, 0.3) is 0 Å². The van der Waals surface area contributed by atoms with E-state index in [1.165, 1.54) is 25.7 Å². The molecule has 1 aromatic rings. The molecule has 16 heavy (non-hydrogen) atoms. The Balaban J connectivity index is 2.01. The monoisotopic (exact) mass is 236 g/mol. The molecule has 1 nitrogen and oxygen atoms in total. The highest BCUT2D eigenvalue weighted by Crippen LogP contribution is 2.65. The molecule has 86 valence electrons. The van der Waals surface area contributed by atoms with Gasteiger partial charge in [-0.25, -0.2) is 0 Å². The standard InChI is InChI=1S/C14H17ClO/c1-9-10(7-4-8-13(9)15)14(16)11-5-2-3-6-12(11)14/h4,7-8,11-12,16H,2-3,5-6H2,1H3. The van der Waals surface area contributed by atoms with Crippen molar-refractivity contribution in [1.82, 2.24) is 0 Å². The number of fused-ring (bicyclic) bond motifs is 1. The van der Waals surface area contributed by atoms with Crippen molar-refractivity contribution in [2.24, 2.45) is 11.8 Å². The maximum absolute atomic E-state index is 10.8. The highest BCUT2D eigenvalue weighted by molar-refractivity contribution is 6.31. The minimum absolute atomic E-state index is 0.485. The van der Waals surface area contributed by atoms with Gasteiger partial charge in [0.05, 0.1) is 5.60 Å². The van der Waals surface area contributed by atoms with Gasteiger partial charge >= 0.3 is 0 Å². The van der Waals surface area contributed by atoms with Crippen molar-refractivity contribution in [3.8, 4) is 0 Å². The number of aliphatic hydroxyl groups is 1. The Morgan fingerprint density at radius 3 is 2.50 bits per heavy atom. The predicted molar refractivity (Wildman–Crippen MR) is 65.5 cm³/mol. The minimum atomic E-state index is -0.564. The van der Waals surface area contributed by atoms with Crippen LogP contribution in [0, 0.1) is 18.8 Å². The highest BCUT2D eigenvalue weighted by atomic mass is 35.5. The van der Waals surface area contributed by atoms with Gasteiger partial charge in [-0.1, -0.05) is 36.6 Å². The van der Waals surface area contributed by atoms with Crippen LogP contribution in [-0.4, -0.2) is 5.11 Å². The molecule has 2 aliphatic carbocycles. The normalized spacial score (nSPS) is 36.9. The topological polar surface area (TPSA) is 20.2 Å². The van der Waals surface area contributed by atoms with Crippen LogP contribution in [0.3, 0.4) is 0 Å². The van der Waals surface area contributed by atoms with Crippen molar-refractivity contribution in [2.75, 3.05) is 0 Å². The Morgan fingerprint density at radius 2 is 1.88 bits per heavy atom. The molecule has 2 heteroatoms. The van der Waals surface area contributed by atoms with Crippen molar-refractivity contribution >= 4 is 11.6 Å². The third-order valence-electron chi connectivity index (χ3n) is 4.49. The van der Waals surface area contributed by atoms with E-state index in [4.69, 9.17) is 11.6 Å². The van der Waals surface area contributed by atoms with E-state index in [1.54, 1.807) is 0 Å². The summed E-state index contributed by atoms with van der Waals surface area (Å²) in [5.74, 6) is 0.969. The fourth-order valence-corrected chi connectivity index (χ4v) is 3.71. The van der Waals surface area contributed by atoms with Crippen LogP contribution in [-0.2, 0) is 5.60 Å². The molecule has 0 heterocycles. The second kappa shape index (κ2) is 3.48. The Labute approximate surface area is 101 Å². The fourth-order valence-electron chi connectivity index (χ4n) is 3.53. The van der Waals surface area contributed by atoms with Crippen LogP contribution < -0.4 is 0 Å². The van der Waals surface area contributed by atoms with Crippen molar-refractivity contribution in [3.63, 3.8) is 0 Å². The summed E-state index contributed by atoms with van der Waals surface area (Å²) >= 11 is 6.13. The molecule has 0 spiro atoms. The van der Waals surface area contributed by atoms with Crippen molar-refractivity contribution in [2.45, 2.75) is 38.2 Å². The lowest BCUT2D eigenvalue weighted by Gasteiger charge is -2.15. The summed E-state index contributed by atoms with van der Waals surface area (Å²) in [6.45, 7) is 2.01. The third-order valence-corrected chi connectivity index (χ3v) is 4.90. The first kappa shape index (κ1) is 10.6. The number of hydrogen-bond acceptors (Lipinski definition) is 1. The fraction of sp³-hybridized carbons (Fsp3) is 0.571. The average Bonchev–Trinajstić information content (AvgIpc) is 2.91. The molecule has 2 saturated carbocycles. The SMILES string of the molecule is Cc1c(Cl)cccc1C1(O)C2CCCCC21. The maximum atomic E-state index is 10.8. The van der Waals surface area contributed by atoms with Crippen LogP contribution in [0.15, 0.2) is 18.2 Å². The minimum Gasteiger partial charge on any atom is -0.385 e. The largest absolute Gasteiger partial charge is 0.385 e. The van der Waals surface area contributed by atoms with E-state index in [0.29, 0.717) is 11.8 Å². The van der Waals surface area contributed by atoms with E-state index in [0.717, 1.165) is 16.1 Å². The number of halogens is 1. The lowest BCUT2D eigenvalue weighted by Crippen LogP contribution is -2.12. The summed E-state index contributed by atoms with van der Waals surface area (Å²) in [7, 11) is 0. The first-order chi connectivity index (χ1) is 7.65. The summed E-state index contributed by atoms with van der Waals surface area (Å²) < 4.78 is 0. The van der Waals surface area contributed by atoms with Crippen LogP contribution in [0.5, 0.6) is 0 Å². The molecular formula is C14H17ClO. The molecule has 2 aliphatic rings. The zero-order valence-corrected chi connectivity index (χ0v) is 10.3. The maximum Gasteiger partial charge on any atom is 0.0963 e. The van der Waals surface area contributed by atoms with Gasteiger partial charge in [-0.15, -0.1) is 0 Å². The van der Waals surface area contributed by atoms with Gasteiger partial charge in [-0.05, 0) is 48.8 Å². The molecule has 1 N–H and O–H groups in total. The number of rotatable bonds is 1. The first-order valence-corrected chi connectivity index (χ1v) is 6.51. The summed E-state index contributed by atoms with van der Waals surface area (Å²) in [6, 6.07) is 5.89. The molecule has 2 atom stereocenters. The molecule has 1 aromatic carbocycles. The summed E-state index contributed by atoms with van der Waals surface area (Å²) in [5.41, 5.74) is 1.56. The summed E-state index contributed by atoms with van der Waals surface area (Å²) in [4.78, 5) is 0.